The summed E-state index contributed by atoms with van der Waals surface area (Å²) in [5.41, 5.74) is 1.18. The van der Waals surface area contributed by atoms with Crippen LogP contribution in [0.15, 0.2) is 24.3 Å². The molecule has 1 fully saturated rings. The molecule has 0 unspecified atom stereocenters. The van der Waals surface area contributed by atoms with Crippen LogP contribution in [0.25, 0.3) is 0 Å². The van der Waals surface area contributed by atoms with Gasteiger partial charge in [0.1, 0.15) is 11.6 Å². The molecule has 0 radical (unpaired) electrons. The van der Waals surface area contributed by atoms with Gasteiger partial charge >= 0.3 is 0 Å². The molecule has 164 valence electrons. The molecule has 7 nitrogen and oxygen atoms in total. The van der Waals surface area contributed by atoms with E-state index in [1.54, 1.807) is 7.11 Å². The molecular formula is C22H33N5O2S. The third kappa shape index (κ3) is 6.95. The monoisotopic (exact) mass is 431 g/mol. The normalized spacial score (nSPS) is 15.3. The molecule has 0 bridgehead atoms. The Kier molecular flexibility index (Phi) is 7.66. The van der Waals surface area contributed by atoms with E-state index in [0.29, 0.717) is 19.4 Å². The van der Waals surface area contributed by atoms with E-state index >= 15 is 0 Å². The molecule has 1 aliphatic rings. The molecular weight excluding hydrogens is 398 g/mol. The molecule has 1 aliphatic heterocycles. The first-order chi connectivity index (χ1) is 14.3. The lowest BCUT2D eigenvalue weighted by atomic mass is 9.92. The molecule has 30 heavy (non-hydrogen) atoms. The summed E-state index contributed by atoms with van der Waals surface area (Å²) in [5.74, 6) is 1.85. The summed E-state index contributed by atoms with van der Waals surface area (Å²) in [6, 6.07) is 8.03. The van der Waals surface area contributed by atoms with Gasteiger partial charge in [0.05, 0.1) is 7.11 Å². The number of ether oxygens (including phenoxy) is 1. The largest absolute Gasteiger partial charge is 0.497 e. The summed E-state index contributed by atoms with van der Waals surface area (Å²) in [5, 5.41) is 4.03. The second-order valence-corrected chi connectivity index (χ2v) is 9.67. The summed E-state index contributed by atoms with van der Waals surface area (Å²) in [4.78, 5) is 21.4. The predicted molar refractivity (Wildman–Crippen MR) is 121 cm³/mol. The molecule has 0 aliphatic carbocycles. The van der Waals surface area contributed by atoms with E-state index in [1.807, 2.05) is 18.2 Å². The van der Waals surface area contributed by atoms with Crippen LogP contribution in [0.3, 0.4) is 0 Å². The minimum Gasteiger partial charge on any atom is -0.497 e. The van der Waals surface area contributed by atoms with Gasteiger partial charge in [0.15, 0.2) is 0 Å². The van der Waals surface area contributed by atoms with Crippen LogP contribution in [0.4, 0.5) is 5.13 Å². The quantitative estimate of drug-likeness (QED) is 0.693. The summed E-state index contributed by atoms with van der Waals surface area (Å²) < 4.78 is 9.84. The van der Waals surface area contributed by atoms with Crippen molar-refractivity contribution < 1.29 is 9.53 Å². The fourth-order valence-corrected chi connectivity index (χ4v) is 4.21. The smallest absolute Gasteiger partial charge is 0.220 e. The van der Waals surface area contributed by atoms with Crippen molar-refractivity contribution in [2.24, 2.45) is 5.41 Å². The number of carbonyl (C=O) groups excluding carboxylic acids is 1. The molecule has 2 heterocycles. The third-order valence-electron chi connectivity index (χ3n) is 5.04. The highest BCUT2D eigenvalue weighted by atomic mass is 32.1. The molecule has 1 aromatic heterocycles. The van der Waals surface area contributed by atoms with E-state index in [2.05, 4.69) is 46.3 Å². The number of nitrogens with one attached hydrogen (secondary N) is 1. The summed E-state index contributed by atoms with van der Waals surface area (Å²) in [6.07, 6.45) is 1.28. The fraction of sp³-hybridized carbons (Fsp3) is 0.591. The van der Waals surface area contributed by atoms with Crippen LogP contribution < -0.4 is 15.0 Å². The molecule has 0 spiro atoms. The first-order valence-corrected chi connectivity index (χ1v) is 11.3. The Balaban J connectivity index is 1.41. The van der Waals surface area contributed by atoms with Crippen LogP contribution in [-0.2, 0) is 11.2 Å². The van der Waals surface area contributed by atoms with Crippen LogP contribution in [0, 0.1) is 5.41 Å². The molecule has 0 atom stereocenters. The molecule has 3 rings (SSSR count). The van der Waals surface area contributed by atoms with Crippen molar-refractivity contribution >= 4 is 22.6 Å². The number of nitrogens with zero attached hydrogens (tertiary/aromatic N) is 4. The maximum Gasteiger partial charge on any atom is 0.220 e. The molecule has 1 aromatic carbocycles. The molecule has 2 aromatic rings. The minimum atomic E-state index is 0.0306. The molecule has 1 saturated heterocycles. The van der Waals surface area contributed by atoms with Gasteiger partial charge in [-0.15, -0.1) is 0 Å². The van der Waals surface area contributed by atoms with Crippen molar-refractivity contribution in [3.05, 3.63) is 35.7 Å². The lowest BCUT2D eigenvalue weighted by Crippen LogP contribution is -2.48. The number of amides is 1. The first kappa shape index (κ1) is 22.5. The number of methoxy groups -OCH3 is 1. The Morgan fingerprint density at radius 1 is 1.23 bits per heavy atom. The maximum atomic E-state index is 11.9. The summed E-state index contributed by atoms with van der Waals surface area (Å²) >= 11 is 1.47. The van der Waals surface area contributed by atoms with Crippen molar-refractivity contribution in [3.63, 3.8) is 0 Å². The third-order valence-corrected chi connectivity index (χ3v) is 5.85. The Hall–Kier alpha value is -2.19. The number of hydrogen-bond acceptors (Lipinski definition) is 7. The summed E-state index contributed by atoms with van der Waals surface area (Å²) in [6.45, 7) is 11.7. The van der Waals surface area contributed by atoms with Crippen molar-refractivity contribution in [1.82, 2.24) is 19.6 Å². The SMILES string of the molecule is COc1cccc(Cc2nsc(N3CCN(CCNC(=O)CC(C)(C)C)CC3)n2)c1. The molecule has 8 heteroatoms. The van der Waals surface area contributed by atoms with Crippen molar-refractivity contribution in [3.8, 4) is 5.75 Å². The Morgan fingerprint density at radius 3 is 2.70 bits per heavy atom. The molecule has 1 N–H and O–H groups in total. The van der Waals surface area contributed by atoms with Gasteiger partial charge in [-0.2, -0.15) is 4.37 Å². The Bertz CT molecular complexity index is 825. The zero-order chi connectivity index (χ0) is 21.6. The number of anilines is 1. The number of rotatable bonds is 8. The van der Waals surface area contributed by atoms with Gasteiger partial charge in [0.25, 0.3) is 0 Å². The van der Waals surface area contributed by atoms with Crippen LogP contribution in [0.1, 0.15) is 38.6 Å². The van der Waals surface area contributed by atoms with Crippen LogP contribution in [0.2, 0.25) is 0 Å². The van der Waals surface area contributed by atoms with Gasteiger partial charge in [-0.1, -0.05) is 32.9 Å². The van der Waals surface area contributed by atoms with Crippen molar-refractivity contribution in [1.29, 1.82) is 0 Å². The molecule has 1 amide bonds. The van der Waals surface area contributed by atoms with E-state index in [9.17, 15) is 4.79 Å². The van der Waals surface area contributed by atoms with Crippen LogP contribution in [0.5, 0.6) is 5.75 Å². The number of aromatic nitrogens is 2. The highest BCUT2D eigenvalue weighted by Crippen LogP contribution is 2.22. The average molecular weight is 432 g/mol. The predicted octanol–water partition coefficient (Wildman–Crippen LogP) is 2.81. The first-order valence-electron chi connectivity index (χ1n) is 10.5. The topological polar surface area (TPSA) is 70.6 Å². The van der Waals surface area contributed by atoms with Gasteiger partial charge in [-0.05, 0) is 23.1 Å². The number of carbonyl (C=O) groups is 1. The number of piperazine rings is 1. The Labute approximate surface area is 183 Å². The van der Waals surface area contributed by atoms with Crippen LogP contribution >= 0.6 is 11.5 Å². The van der Waals surface area contributed by atoms with Crippen molar-refractivity contribution in [2.45, 2.75) is 33.6 Å². The molecule has 0 saturated carbocycles. The zero-order valence-corrected chi connectivity index (χ0v) is 19.3. The van der Waals surface area contributed by atoms with E-state index in [1.165, 1.54) is 11.5 Å². The highest BCUT2D eigenvalue weighted by molar-refractivity contribution is 7.09. The van der Waals surface area contributed by atoms with Gasteiger partial charge in [-0.25, -0.2) is 4.98 Å². The van der Waals surface area contributed by atoms with E-state index in [4.69, 9.17) is 9.72 Å². The van der Waals surface area contributed by atoms with Gasteiger partial charge in [-0.3, -0.25) is 9.69 Å². The van der Waals surface area contributed by atoms with E-state index < -0.39 is 0 Å². The van der Waals surface area contributed by atoms with E-state index in [0.717, 1.165) is 55.0 Å². The van der Waals surface area contributed by atoms with Gasteiger partial charge in [0, 0.05) is 63.6 Å². The Morgan fingerprint density at radius 2 is 2.00 bits per heavy atom. The van der Waals surface area contributed by atoms with Gasteiger partial charge in [0.2, 0.25) is 11.0 Å². The maximum absolute atomic E-state index is 11.9. The highest BCUT2D eigenvalue weighted by Gasteiger charge is 2.21. The number of hydrogen-bond donors (Lipinski definition) is 1. The lowest BCUT2D eigenvalue weighted by Gasteiger charge is -2.34. The van der Waals surface area contributed by atoms with E-state index in [-0.39, 0.29) is 11.3 Å². The average Bonchev–Trinajstić information content (AvgIpc) is 3.15. The standard InChI is InChI=1S/C22H33N5O2S/c1-22(2,3)16-20(28)23-8-9-26-10-12-27(13-11-26)21-24-19(25-30-21)15-17-6-5-7-18(14-17)29-4/h5-7,14H,8-13,15-16H2,1-4H3,(H,23,28). The number of benzene rings is 1. The summed E-state index contributed by atoms with van der Waals surface area (Å²) in [7, 11) is 1.68. The second-order valence-electron chi connectivity index (χ2n) is 8.94. The zero-order valence-electron chi connectivity index (χ0n) is 18.5. The van der Waals surface area contributed by atoms with Crippen molar-refractivity contribution in [2.75, 3.05) is 51.3 Å². The second kappa shape index (κ2) is 10.2. The van der Waals surface area contributed by atoms with Crippen LogP contribution in [-0.4, -0.2) is 66.5 Å². The lowest BCUT2D eigenvalue weighted by molar-refractivity contribution is -0.122. The fourth-order valence-electron chi connectivity index (χ4n) is 3.47. The minimum absolute atomic E-state index is 0.0306. The van der Waals surface area contributed by atoms with Gasteiger partial charge < -0.3 is 15.0 Å².